The highest BCUT2D eigenvalue weighted by atomic mass is 35.5. The highest BCUT2D eigenvalue weighted by Crippen LogP contribution is 2.34. The van der Waals surface area contributed by atoms with Gasteiger partial charge in [0.1, 0.15) is 22.9 Å². The summed E-state index contributed by atoms with van der Waals surface area (Å²) in [5, 5.41) is 3.42. The molecular weight excluding hydrogens is 349 g/mol. The van der Waals surface area contributed by atoms with Crippen molar-refractivity contribution in [1.29, 1.82) is 0 Å². The van der Waals surface area contributed by atoms with Crippen molar-refractivity contribution < 1.29 is 4.79 Å². The molecule has 0 aromatic carbocycles. The molecule has 0 aliphatic carbocycles. The van der Waals surface area contributed by atoms with Gasteiger partial charge >= 0.3 is 0 Å². The van der Waals surface area contributed by atoms with Gasteiger partial charge in [-0.15, -0.1) is 0 Å². The van der Waals surface area contributed by atoms with Crippen LogP contribution in [0.3, 0.4) is 0 Å². The summed E-state index contributed by atoms with van der Waals surface area (Å²) in [6.45, 7) is 8.08. The molecule has 0 saturated heterocycles. The van der Waals surface area contributed by atoms with Gasteiger partial charge in [-0.05, 0) is 17.9 Å². The third-order valence-corrected chi connectivity index (χ3v) is 3.92. The van der Waals surface area contributed by atoms with E-state index in [4.69, 9.17) is 28.9 Å². The van der Waals surface area contributed by atoms with Gasteiger partial charge in [-0.2, -0.15) is 0 Å². The van der Waals surface area contributed by atoms with E-state index < -0.39 is 5.91 Å². The summed E-state index contributed by atoms with van der Waals surface area (Å²) in [6.07, 6.45) is 1.53. The van der Waals surface area contributed by atoms with E-state index in [0.29, 0.717) is 5.69 Å². The number of halogens is 2. The molecule has 0 aliphatic heterocycles. The van der Waals surface area contributed by atoms with Crippen molar-refractivity contribution >= 4 is 40.6 Å². The van der Waals surface area contributed by atoms with E-state index in [0.717, 1.165) is 11.4 Å². The van der Waals surface area contributed by atoms with Crippen molar-refractivity contribution in [2.75, 3.05) is 5.32 Å². The fraction of sp³-hybridized carbons (Fsp3) is 0.375. The molecule has 0 saturated carbocycles. The Morgan fingerprint density at radius 3 is 2.12 bits per heavy atom. The Balaban J connectivity index is 2.66. The molecule has 0 atom stereocenters. The van der Waals surface area contributed by atoms with Crippen LogP contribution in [0.25, 0.3) is 0 Å². The largest absolute Gasteiger partial charge is 0.365 e. The van der Waals surface area contributed by atoms with Crippen LogP contribution in [0.1, 0.15) is 61.3 Å². The zero-order chi connectivity index (χ0) is 18.0. The molecule has 0 bridgehead atoms. The summed E-state index contributed by atoms with van der Waals surface area (Å²) in [6, 6.07) is 1.38. The molecule has 128 valence electrons. The smallest absolute Gasteiger partial charge is 0.253 e. The molecule has 2 heterocycles. The van der Waals surface area contributed by atoms with Gasteiger partial charge in [0, 0.05) is 0 Å². The number of rotatable bonds is 5. The molecule has 2 aromatic heterocycles. The Labute approximate surface area is 150 Å². The van der Waals surface area contributed by atoms with Gasteiger partial charge in [0.15, 0.2) is 0 Å². The number of primary amides is 1. The zero-order valence-electron chi connectivity index (χ0n) is 13.9. The number of nitrogens with zero attached hydrogens (tertiary/aromatic N) is 3. The van der Waals surface area contributed by atoms with Gasteiger partial charge < -0.3 is 11.1 Å². The molecule has 24 heavy (non-hydrogen) atoms. The summed E-state index contributed by atoms with van der Waals surface area (Å²) in [7, 11) is 0. The van der Waals surface area contributed by atoms with E-state index >= 15 is 0 Å². The van der Waals surface area contributed by atoms with E-state index in [9.17, 15) is 4.79 Å². The van der Waals surface area contributed by atoms with Crippen molar-refractivity contribution in [2.45, 2.75) is 39.5 Å². The lowest BCUT2D eigenvalue weighted by Crippen LogP contribution is -2.17. The molecule has 3 N–H and O–H groups in total. The lowest BCUT2D eigenvalue weighted by atomic mass is 10.0. The summed E-state index contributed by atoms with van der Waals surface area (Å²) in [4.78, 5) is 24.6. The number of nitrogens with two attached hydrogens (primary N) is 1. The minimum Gasteiger partial charge on any atom is -0.365 e. The van der Waals surface area contributed by atoms with Crippen LogP contribution in [0.15, 0.2) is 12.4 Å². The molecular formula is C16H19Cl2N5O. The summed E-state index contributed by atoms with van der Waals surface area (Å²) in [5.41, 5.74) is 7.82. The Hall–Kier alpha value is -1.92. The molecule has 0 unspecified atom stereocenters. The molecule has 6 nitrogen and oxygen atoms in total. The maximum atomic E-state index is 11.8. The fourth-order valence-corrected chi connectivity index (χ4v) is 2.88. The normalized spacial score (nSPS) is 11.2. The van der Waals surface area contributed by atoms with Crippen LogP contribution in [-0.4, -0.2) is 20.9 Å². The first kappa shape index (κ1) is 18.4. The van der Waals surface area contributed by atoms with Crippen molar-refractivity contribution in [2.24, 2.45) is 5.73 Å². The first-order valence-electron chi connectivity index (χ1n) is 7.50. The number of amides is 1. The number of nitrogens with one attached hydrogen (secondary N) is 1. The SMILES string of the molecule is CC(C)c1ncnc(C(C)C)c1Nc1nc(Cl)cc(Cl)c1C(N)=O. The maximum absolute atomic E-state index is 11.8. The average Bonchev–Trinajstić information content (AvgIpc) is 2.45. The first-order valence-corrected chi connectivity index (χ1v) is 8.25. The summed E-state index contributed by atoms with van der Waals surface area (Å²) >= 11 is 12.1. The molecule has 0 fully saturated rings. The molecule has 1 amide bonds. The van der Waals surface area contributed by atoms with Crippen molar-refractivity contribution in [3.8, 4) is 0 Å². The van der Waals surface area contributed by atoms with E-state index in [-0.39, 0.29) is 33.4 Å². The Bertz CT molecular complexity index is 751. The van der Waals surface area contributed by atoms with E-state index in [1.54, 1.807) is 0 Å². The van der Waals surface area contributed by atoms with Crippen LogP contribution in [0.5, 0.6) is 0 Å². The van der Waals surface area contributed by atoms with Crippen LogP contribution >= 0.6 is 23.2 Å². The Morgan fingerprint density at radius 2 is 1.67 bits per heavy atom. The topological polar surface area (TPSA) is 93.8 Å². The quantitative estimate of drug-likeness (QED) is 0.769. The Morgan fingerprint density at radius 1 is 1.12 bits per heavy atom. The standard InChI is InChI=1S/C16H19Cl2N5O/c1-7(2)12-14(13(8(3)4)21-6-20-12)23-16-11(15(19)24)9(17)5-10(18)22-16/h5-8H,1-4H3,(H2,19,24)(H,22,23). The average molecular weight is 368 g/mol. The van der Waals surface area contributed by atoms with Crippen LogP contribution in [0.2, 0.25) is 10.2 Å². The van der Waals surface area contributed by atoms with Crippen LogP contribution in [0.4, 0.5) is 11.5 Å². The molecule has 0 aliphatic rings. The van der Waals surface area contributed by atoms with Gasteiger partial charge in [-0.25, -0.2) is 15.0 Å². The zero-order valence-corrected chi connectivity index (χ0v) is 15.4. The van der Waals surface area contributed by atoms with Gasteiger partial charge in [0.25, 0.3) is 5.91 Å². The van der Waals surface area contributed by atoms with E-state index in [1.807, 2.05) is 27.7 Å². The number of pyridine rings is 1. The minimum absolute atomic E-state index is 0.0781. The lowest BCUT2D eigenvalue weighted by molar-refractivity contribution is 0.100. The van der Waals surface area contributed by atoms with Gasteiger partial charge in [-0.3, -0.25) is 4.79 Å². The number of aromatic nitrogens is 3. The number of anilines is 2. The van der Waals surface area contributed by atoms with Crippen LogP contribution in [0, 0.1) is 0 Å². The molecule has 8 heteroatoms. The van der Waals surface area contributed by atoms with E-state index in [2.05, 4.69) is 20.3 Å². The summed E-state index contributed by atoms with van der Waals surface area (Å²) < 4.78 is 0. The van der Waals surface area contributed by atoms with Gasteiger partial charge in [0.2, 0.25) is 0 Å². The Kier molecular flexibility index (Phi) is 5.62. The fourth-order valence-electron chi connectivity index (χ4n) is 2.35. The predicted octanol–water partition coefficient (Wildman–Crippen LogP) is 4.27. The number of carbonyl (C=O) groups is 1. The first-order chi connectivity index (χ1) is 11.2. The minimum atomic E-state index is -0.694. The van der Waals surface area contributed by atoms with E-state index in [1.165, 1.54) is 12.4 Å². The summed E-state index contributed by atoms with van der Waals surface area (Å²) in [5.74, 6) is -0.223. The van der Waals surface area contributed by atoms with Crippen molar-refractivity contribution in [3.05, 3.63) is 39.5 Å². The second-order valence-electron chi connectivity index (χ2n) is 5.97. The second kappa shape index (κ2) is 7.32. The molecule has 0 spiro atoms. The van der Waals surface area contributed by atoms with Crippen LogP contribution in [-0.2, 0) is 0 Å². The number of hydrogen-bond donors (Lipinski definition) is 2. The lowest BCUT2D eigenvalue weighted by Gasteiger charge is -2.19. The van der Waals surface area contributed by atoms with Gasteiger partial charge in [-0.1, -0.05) is 50.9 Å². The highest BCUT2D eigenvalue weighted by Gasteiger charge is 2.21. The van der Waals surface area contributed by atoms with Crippen LogP contribution < -0.4 is 11.1 Å². The third kappa shape index (κ3) is 3.76. The number of hydrogen-bond acceptors (Lipinski definition) is 5. The van der Waals surface area contributed by atoms with Crippen molar-refractivity contribution in [1.82, 2.24) is 15.0 Å². The monoisotopic (exact) mass is 367 g/mol. The molecule has 2 rings (SSSR count). The van der Waals surface area contributed by atoms with Crippen molar-refractivity contribution in [3.63, 3.8) is 0 Å². The highest BCUT2D eigenvalue weighted by molar-refractivity contribution is 6.37. The second-order valence-corrected chi connectivity index (χ2v) is 6.76. The maximum Gasteiger partial charge on any atom is 0.253 e. The third-order valence-electron chi connectivity index (χ3n) is 3.43. The molecule has 0 radical (unpaired) electrons. The number of carbonyl (C=O) groups excluding carboxylic acids is 1. The predicted molar refractivity (Wildman–Crippen MR) is 96.3 cm³/mol. The molecule has 2 aromatic rings. The van der Waals surface area contributed by atoms with Gasteiger partial charge in [0.05, 0.1) is 22.1 Å².